The Morgan fingerprint density at radius 2 is 2.50 bits per heavy atom. The second-order valence-electron chi connectivity index (χ2n) is 2.88. The summed E-state index contributed by atoms with van der Waals surface area (Å²) in [6.45, 7) is 4.84. The number of nitrogens with zero attached hydrogens (tertiary/aromatic N) is 3. The summed E-state index contributed by atoms with van der Waals surface area (Å²) in [6, 6.07) is 0. The van der Waals surface area contributed by atoms with Gasteiger partial charge in [0.25, 0.3) is 0 Å². The number of carbonyl (C=O) groups excluding carboxylic acids is 1. The van der Waals surface area contributed by atoms with Crippen LogP contribution in [0.2, 0.25) is 0 Å². The van der Waals surface area contributed by atoms with Crippen LogP contribution in [0.3, 0.4) is 0 Å². The Bertz CT molecular complexity index is 385. The first-order valence-electron chi connectivity index (χ1n) is 4.95. The number of nitrogens with one attached hydrogen (secondary N) is 1. The monoisotopic (exact) mass is 225 g/mol. The Morgan fingerprint density at radius 1 is 1.75 bits per heavy atom. The lowest BCUT2D eigenvalue weighted by molar-refractivity contribution is -0.105. The molecule has 0 unspecified atom stereocenters. The van der Waals surface area contributed by atoms with Gasteiger partial charge in [0.2, 0.25) is 6.41 Å². The van der Waals surface area contributed by atoms with E-state index < -0.39 is 0 Å². The molecule has 1 rings (SSSR count). The largest absolute Gasteiger partial charge is 0.394 e. The average Bonchev–Trinajstić information content (AvgIpc) is 2.69. The van der Waals surface area contributed by atoms with Gasteiger partial charge in [-0.15, -0.1) is 0 Å². The molecule has 0 aliphatic rings. The number of aryl methyl sites for hydroxylation is 1. The van der Waals surface area contributed by atoms with Crippen molar-refractivity contribution >= 4 is 18.1 Å². The molecule has 0 saturated heterocycles. The highest BCUT2D eigenvalue weighted by Crippen LogP contribution is 2.12. The molecule has 0 spiro atoms. The summed E-state index contributed by atoms with van der Waals surface area (Å²) in [5.41, 5.74) is 6.29. The number of imidazole rings is 1. The van der Waals surface area contributed by atoms with E-state index in [2.05, 4.69) is 15.5 Å². The lowest BCUT2D eigenvalue weighted by Crippen LogP contribution is -2.20. The van der Waals surface area contributed by atoms with E-state index in [0.29, 0.717) is 31.1 Å². The van der Waals surface area contributed by atoms with E-state index >= 15 is 0 Å². The summed E-state index contributed by atoms with van der Waals surface area (Å²) in [5, 5.41) is 6.17. The molecular formula is C9H15N5O2. The van der Waals surface area contributed by atoms with Gasteiger partial charge in [0.1, 0.15) is 12.3 Å². The predicted molar refractivity (Wildman–Crippen MR) is 59.9 cm³/mol. The van der Waals surface area contributed by atoms with Gasteiger partial charge in [0.05, 0.1) is 6.33 Å². The highest BCUT2D eigenvalue weighted by molar-refractivity contribution is 6.01. The number of nitrogens with two attached hydrogens (primary N) is 1. The normalized spacial score (nSPS) is 11.2. The van der Waals surface area contributed by atoms with Crippen LogP contribution < -0.4 is 11.1 Å². The summed E-state index contributed by atoms with van der Waals surface area (Å²) in [4.78, 5) is 19.3. The Labute approximate surface area is 93.3 Å². The fourth-order valence-corrected chi connectivity index (χ4v) is 1.23. The van der Waals surface area contributed by atoms with Crippen molar-refractivity contribution in [2.24, 2.45) is 10.9 Å². The molecule has 0 aliphatic heterocycles. The number of hydrogen-bond donors (Lipinski definition) is 2. The number of oxime groups is 1. The van der Waals surface area contributed by atoms with Crippen LogP contribution in [0.4, 0.5) is 5.82 Å². The number of amidine groups is 1. The Kier molecular flexibility index (Phi) is 4.31. The molecule has 7 nitrogen and oxygen atoms in total. The van der Waals surface area contributed by atoms with E-state index in [4.69, 9.17) is 10.6 Å². The van der Waals surface area contributed by atoms with Crippen LogP contribution in [0.1, 0.15) is 19.5 Å². The summed E-state index contributed by atoms with van der Waals surface area (Å²) in [6.07, 6.45) is 2.12. The number of hydrogen-bond acceptors (Lipinski definition) is 4. The smallest absolute Gasteiger partial charge is 0.212 e. The van der Waals surface area contributed by atoms with Crippen LogP contribution in [0.25, 0.3) is 0 Å². The van der Waals surface area contributed by atoms with Crippen molar-refractivity contribution in [2.75, 3.05) is 11.9 Å². The highest BCUT2D eigenvalue weighted by Gasteiger charge is 2.14. The number of carbonyl (C=O) groups is 1. The fraction of sp³-hybridized carbons (Fsp3) is 0.444. The van der Waals surface area contributed by atoms with Gasteiger partial charge in [-0.1, -0.05) is 5.16 Å². The summed E-state index contributed by atoms with van der Waals surface area (Å²) >= 11 is 0. The van der Waals surface area contributed by atoms with Crippen molar-refractivity contribution in [1.29, 1.82) is 0 Å². The van der Waals surface area contributed by atoms with Gasteiger partial charge in [-0.05, 0) is 13.8 Å². The Balaban J connectivity index is 3.06. The molecule has 0 atom stereocenters. The number of anilines is 1. The molecule has 0 saturated carbocycles. The van der Waals surface area contributed by atoms with Gasteiger partial charge in [-0.2, -0.15) is 0 Å². The van der Waals surface area contributed by atoms with Crippen LogP contribution in [0.15, 0.2) is 11.5 Å². The predicted octanol–water partition coefficient (Wildman–Crippen LogP) is 0.128. The minimum absolute atomic E-state index is 0.186. The van der Waals surface area contributed by atoms with Crippen LogP contribution in [-0.2, 0) is 16.2 Å². The van der Waals surface area contributed by atoms with E-state index in [1.165, 1.54) is 0 Å². The average molecular weight is 225 g/mol. The molecule has 1 aromatic rings. The lowest BCUT2D eigenvalue weighted by Gasteiger charge is -2.06. The van der Waals surface area contributed by atoms with Gasteiger partial charge in [-0.3, -0.25) is 4.79 Å². The zero-order valence-electron chi connectivity index (χ0n) is 9.30. The first-order chi connectivity index (χ1) is 7.74. The SMILES string of the molecule is CCO/N=C(\N)c1c(NC=O)ncn1CC. The lowest BCUT2D eigenvalue weighted by atomic mass is 10.4. The Morgan fingerprint density at radius 3 is 3.06 bits per heavy atom. The maximum Gasteiger partial charge on any atom is 0.212 e. The summed E-state index contributed by atoms with van der Waals surface area (Å²) in [7, 11) is 0. The van der Waals surface area contributed by atoms with Crippen molar-refractivity contribution in [3.05, 3.63) is 12.0 Å². The van der Waals surface area contributed by atoms with E-state index in [9.17, 15) is 4.79 Å². The van der Waals surface area contributed by atoms with Crippen LogP contribution in [0.5, 0.6) is 0 Å². The molecule has 1 heterocycles. The first kappa shape index (κ1) is 12.0. The van der Waals surface area contributed by atoms with Crippen molar-refractivity contribution in [1.82, 2.24) is 9.55 Å². The third-order valence-corrected chi connectivity index (χ3v) is 1.91. The molecule has 0 bridgehead atoms. The maximum absolute atomic E-state index is 10.4. The van der Waals surface area contributed by atoms with Gasteiger partial charge in [-0.25, -0.2) is 4.98 Å². The topological polar surface area (TPSA) is 94.5 Å². The quantitative estimate of drug-likeness (QED) is 0.311. The van der Waals surface area contributed by atoms with Gasteiger partial charge in [0.15, 0.2) is 11.7 Å². The minimum Gasteiger partial charge on any atom is -0.394 e. The minimum atomic E-state index is 0.186. The third kappa shape index (κ3) is 2.50. The van der Waals surface area contributed by atoms with E-state index in [1.54, 1.807) is 17.8 Å². The van der Waals surface area contributed by atoms with Crippen molar-refractivity contribution in [2.45, 2.75) is 20.4 Å². The Hall–Kier alpha value is -2.05. The van der Waals surface area contributed by atoms with E-state index in [1.807, 2.05) is 6.92 Å². The van der Waals surface area contributed by atoms with Gasteiger partial charge in [0, 0.05) is 6.54 Å². The highest BCUT2D eigenvalue weighted by atomic mass is 16.6. The third-order valence-electron chi connectivity index (χ3n) is 1.91. The molecule has 16 heavy (non-hydrogen) atoms. The molecule has 1 amide bonds. The van der Waals surface area contributed by atoms with Gasteiger partial charge < -0.3 is 20.5 Å². The molecule has 7 heteroatoms. The molecular weight excluding hydrogens is 210 g/mol. The molecule has 0 aromatic carbocycles. The van der Waals surface area contributed by atoms with Gasteiger partial charge >= 0.3 is 0 Å². The zero-order chi connectivity index (χ0) is 12.0. The van der Waals surface area contributed by atoms with Crippen LogP contribution >= 0.6 is 0 Å². The number of rotatable bonds is 6. The number of amides is 1. The van der Waals surface area contributed by atoms with Crippen LogP contribution in [0, 0.1) is 0 Å². The van der Waals surface area contributed by atoms with E-state index in [-0.39, 0.29) is 5.84 Å². The fourth-order valence-electron chi connectivity index (χ4n) is 1.23. The van der Waals surface area contributed by atoms with Crippen LogP contribution in [-0.4, -0.2) is 28.4 Å². The van der Waals surface area contributed by atoms with Crippen molar-refractivity contribution in [3.63, 3.8) is 0 Å². The second kappa shape index (κ2) is 5.74. The maximum atomic E-state index is 10.4. The molecule has 0 aliphatic carbocycles. The molecule has 3 N–H and O–H groups in total. The molecule has 1 aromatic heterocycles. The molecule has 0 fully saturated rings. The first-order valence-corrected chi connectivity index (χ1v) is 4.95. The standard InChI is InChI=1S/C9H15N5O2/c1-3-14-5-11-9(12-6-15)7(14)8(10)13-16-4-2/h5-6H,3-4H2,1-2H3,(H2,10,13)(H,12,15). The van der Waals surface area contributed by atoms with Crippen molar-refractivity contribution < 1.29 is 9.63 Å². The zero-order valence-corrected chi connectivity index (χ0v) is 9.30. The molecule has 88 valence electrons. The second-order valence-corrected chi connectivity index (χ2v) is 2.88. The van der Waals surface area contributed by atoms with E-state index in [0.717, 1.165) is 0 Å². The number of aromatic nitrogens is 2. The van der Waals surface area contributed by atoms with Crippen molar-refractivity contribution in [3.8, 4) is 0 Å². The summed E-state index contributed by atoms with van der Waals surface area (Å²) < 4.78 is 1.77. The summed E-state index contributed by atoms with van der Waals surface area (Å²) in [5.74, 6) is 0.559. The molecule has 0 radical (unpaired) electrons.